The van der Waals surface area contributed by atoms with E-state index in [4.69, 9.17) is 5.73 Å². The van der Waals surface area contributed by atoms with Crippen molar-refractivity contribution in [2.75, 3.05) is 13.1 Å². The molecule has 0 unspecified atom stereocenters. The second-order valence-corrected chi connectivity index (χ2v) is 7.46. The molecule has 0 bridgehead atoms. The second kappa shape index (κ2) is 5.72. The van der Waals surface area contributed by atoms with Crippen LogP contribution in [0.15, 0.2) is 36.4 Å². The molecule has 0 aliphatic carbocycles. The number of rotatable bonds is 2. The summed E-state index contributed by atoms with van der Waals surface area (Å²) in [4.78, 5) is 16.6. The molecule has 24 heavy (non-hydrogen) atoms. The van der Waals surface area contributed by atoms with Crippen LogP contribution in [0.5, 0.6) is 0 Å². The Labute approximate surface area is 144 Å². The maximum Gasteiger partial charge on any atom is 0.264 e. The monoisotopic (exact) mass is 340 g/mol. The molecule has 2 N–H and O–H groups in total. The minimum absolute atomic E-state index is 0.0193. The van der Waals surface area contributed by atoms with Crippen molar-refractivity contribution in [3.8, 4) is 0 Å². The van der Waals surface area contributed by atoms with Gasteiger partial charge in [-0.25, -0.2) is 0 Å². The van der Waals surface area contributed by atoms with E-state index in [0.717, 1.165) is 20.8 Å². The molecule has 0 spiro atoms. The van der Waals surface area contributed by atoms with Crippen LogP contribution in [0.25, 0.3) is 10.2 Å². The summed E-state index contributed by atoms with van der Waals surface area (Å²) < 4.78 is 1.84. The molecule has 2 aromatic heterocycles. The number of hydrogen-bond donors (Lipinski definition) is 1. The third kappa shape index (κ3) is 2.42. The van der Waals surface area contributed by atoms with Gasteiger partial charge in [-0.2, -0.15) is 5.10 Å². The quantitative estimate of drug-likeness (QED) is 0.779. The van der Waals surface area contributed by atoms with Crippen LogP contribution < -0.4 is 5.73 Å². The lowest BCUT2D eigenvalue weighted by molar-refractivity contribution is 0.0794. The fraction of sp³-hybridized carbons (Fsp3) is 0.333. The summed E-state index contributed by atoms with van der Waals surface area (Å²) in [5.41, 5.74) is 8.48. The van der Waals surface area contributed by atoms with Crippen LogP contribution in [-0.4, -0.2) is 39.7 Å². The molecule has 0 radical (unpaired) electrons. The van der Waals surface area contributed by atoms with E-state index in [1.807, 2.05) is 47.8 Å². The number of carbonyl (C=O) groups excluding carboxylic acids is 1. The molecule has 2 atom stereocenters. The Bertz CT molecular complexity index is 864. The number of likely N-dealkylation sites (tertiary alicyclic amines) is 1. The van der Waals surface area contributed by atoms with E-state index in [1.54, 1.807) is 0 Å². The number of hydrogen-bond acceptors (Lipinski definition) is 4. The molecule has 1 saturated heterocycles. The third-order valence-corrected chi connectivity index (χ3v) is 5.98. The minimum Gasteiger partial charge on any atom is -0.336 e. The van der Waals surface area contributed by atoms with Gasteiger partial charge in [0.05, 0.1) is 10.6 Å². The van der Waals surface area contributed by atoms with E-state index < -0.39 is 0 Å². The fourth-order valence-electron chi connectivity index (χ4n) is 3.51. The van der Waals surface area contributed by atoms with E-state index in [2.05, 4.69) is 17.2 Å². The van der Waals surface area contributed by atoms with Crippen molar-refractivity contribution in [2.45, 2.75) is 18.9 Å². The number of benzene rings is 1. The first kappa shape index (κ1) is 15.4. The predicted octanol–water partition coefficient (Wildman–Crippen LogP) is 2.51. The summed E-state index contributed by atoms with van der Waals surface area (Å²) >= 11 is 1.51. The summed E-state index contributed by atoms with van der Waals surface area (Å²) in [6.07, 6.45) is 0. The van der Waals surface area contributed by atoms with Gasteiger partial charge in [0.15, 0.2) is 0 Å². The highest BCUT2D eigenvalue weighted by Crippen LogP contribution is 2.31. The zero-order valence-corrected chi connectivity index (χ0v) is 14.6. The molecule has 4 rings (SSSR count). The Morgan fingerprint density at radius 3 is 2.75 bits per heavy atom. The Balaban J connectivity index is 1.59. The molecule has 1 aromatic carbocycles. The minimum atomic E-state index is -0.0193. The SMILES string of the molecule is Cc1nn(C)c2sc(C(=O)N3C[C@@H](N)[C@H](c4ccccc4)C3)cc12. The summed E-state index contributed by atoms with van der Waals surface area (Å²) in [6.45, 7) is 3.25. The number of nitrogens with two attached hydrogens (primary N) is 1. The maximum absolute atomic E-state index is 12.9. The van der Waals surface area contributed by atoms with Gasteiger partial charge in [-0.05, 0) is 18.6 Å². The largest absolute Gasteiger partial charge is 0.336 e. The lowest BCUT2D eigenvalue weighted by atomic mass is 9.95. The molecule has 0 saturated carbocycles. The van der Waals surface area contributed by atoms with Gasteiger partial charge in [-0.1, -0.05) is 30.3 Å². The van der Waals surface area contributed by atoms with Gasteiger partial charge in [0, 0.05) is 37.5 Å². The third-order valence-electron chi connectivity index (χ3n) is 4.79. The smallest absolute Gasteiger partial charge is 0.264 e. The van der Waals surface area contributed by atoms with Gasteiger partial charge in [0.25, 0.3) is 5.91 Å². The Hall–Kier alpha value is -2.18. The van der Waals surface area contributed by atoms with Gasteiger partial charge >= 0.3 is 0 Å². The standard InChI is InChI=1S/C18H20N4OS/c1-11-13-8-16(24-18(13)21(2)20-11)17(23)22-9-14(15(19)10-22)12-6-4-3-5-7-12/h3-8,14-15H,9-10,19H2,1-2H3/t14-,15+/m0/s1. The van der Waals surface area contributed by atoms with Crippen LogP contribution in [0.4, 0.5) is 0 Å². The van der Waals surface area contributed by atoms with Crippen molar-refractivity contribution in [1.82, 2.24) is 14.7 Å². The van der Waals surface area contributed by atoms with Crippen molar-refractivity contribution in [3.05, 3.63) is 52.5 Å². The number of thiophene rings is 1. The zero-order valence-electron chi connectivity index (χ0n) is 13.8. The summed E-state index contributed by atoms with van der Waals surface area (Å²) in [7, 11) is 1.91. The Kier molecular flexibility index (Phi) is 3.66. The van der Waals surface area contributed by atoms with E-state index >= 15 is 0 Å². The van der Waals surface area contributed by atoms with Crippen LogP contribution in [0.3, 0.4) is 0 Å². The number of aryl methyl sites for hydroxylation is 2. The molecular formula is C18H20N4OS. The van der Waals surface area contributed by atoms with Crippen LogP contribution in [0, 0.1) is 6.92 Å². The van der Waals surface area contributed by atoms with Crippen molar-refractivity contribution in [3.63, 3.8) is 0 Å². The lowest BCUT2D eigenvalue weighted by Crippen LogP contribution is -2.31. The van der Waals surface area contributed by atoms with E-state index in [9.17, 15) is 4.79 Å². The summed E-state index contributed by atoms with van der Waals surface area (Å²) in [5, 5.41) is 5.46. The molecule has 124 valence electrons. The number of amides is 1. The highest BCUT2D eigenvalue weighted by Gasteiger charge is 2.34. The van der Waals surface area contributed by atoms with Gasteiger partial charge in [-0.3, -0.25) is 9.48 Å². The normalized spacial score (nSPS) is 20.9. The molecule has 6 heteroatoms. The van der Waals surface area contributed by atoms with E-state index in [-0.39, 0.29) is 17.9 Å². The fourth-order valence-corrected chi connectivity index (χ4v) is 4.61. The second-order valence-electron chi connectivity index (χ2n) is 6.43. The number of carbonyl (C=O) groups is 1. The van der Waals surface area contributed by atoms with Gasteiger partial charge in [0.1, 0.15) is 4.83 Å². The van der Waals surface area contributed by atoms with Gasteiger partial charge in [-0.15, -0.1) is 11.3 Å². The van der Waals surface area contributed by atoms with Crippen molar-refractivity contribution < 1.29 is 4.79 Å². The van der Waals surface area contributed by atoms with Crippen molar-refractivity contribution in [1.29, 1.82) is 0 Å². The average Bonchev–Trinajstić information content (AvgIpc) is 3.24. The van der Waals surface area contributed by atoms with E-state index in [1.165, 1.54) is 16.9 Å². The molecule has 1 amide bonds. The Morgan fingerprint density at radius 1 is 1.29 bits per heavy atom. The predicted molar refractivity (Wildman–Crippen MR) is 96.4 cm³/mol. The van der Waals surface area contributed by atoms with E-state index in [0.29, 0.717) is 13.1 Å². The molecule has 1 aliphatic heterocycles. The number of aromatic nitrogens is 2. The molecule has 1 fully saturated rings. The average molecular weight is 340 g/mol. The lowest BCUT2D eigenvalue weighted by Gasteiger charge is -2.15. The van der Waals surface area contributed by atoms with Crippen LogP contribution in [-0.2, 0) is 7.05 Å². The van der Waals surface area contributed by atoms with Crippen molar-refractivity contribution in [2.24, 2.45) is 12.8 Å². The first-order chi connectivity index (χ1) is 11.5. The topological polar surface area (TPSA) is 64.2 Å². The van der Waals surface area contributed by atoms with Gasteiger partial charge in [0.2, 0.25) is 0 Å². The molecule has 5 nitrogen and oxygen atoms in total. The first-order valence-electron chi connectivity index (χ1n) is 8.07. The Morgan fingerprint density at radius 2 is 2.04 bits per heavy atom. The maximum atomic E-state index is 12.9. The van der Waals surface area contributed by atoms with Gasteiger partial charge < -0.3 is 10.6 Å². The highest BCUT2D eigenvalue weighted by atomic mass is 32.1. The first-order valence-corrected chi connectivity index (χ1v) is 8.89. The summed E-state index contributed by atoms with van der Waals surface area (Å²) in [5.74, 6) is 0.275. The molecular weight excluding hydrogens is 320 g/mol. The zero-order chi connectivity index (χ0) is 16.8. The number of fused-ring (bicyclic) bond motifs is 1. The molecule has 3 heterocycles. The molecule has 3 aromatic rings. The van der Waals surface area contributed by atoms with Crippen LogP contribution in [0.1, 0.15) is 26.8 Å². The highest BCUT2D eigenvalue weighted by molar-refractivity contribution is 7.20. The van der Waals surface area contributed by atoms with Crippen LogP contribution in [0.2, 0.25) is 0 Å². The molecule has 1 aliphatic rings. The van der Waals surface area contributed by atoms with Crippen molar-refractivity contribution >= 4 is 27.5 Å². The number of nitrogens with zero attached hydrogens (tertiary/aromatic N) is 3. The summed E-state index contributed by atoms with van der Waals surface area (Å²) in [6, 6.07) is 12.2. The van der Waals surface area contributed by atoms with Crippen LogP contribution >= 0.6 is 11.3 Å².